The molecule has 1 aromatic carbocycles. The first-order chi connectivity index (χ1) is 16.3. The molecule has 2 N–H and O–H groups in total. The summed E-state index contributed by atoms with van der Waals surface area (Å²) < 4.78 is 23.1. The number of likely N-dealkylation sites (tertiary alicyclic amines) is 1. The van der Waals surface area contributed by atoms with Crippen LogP contribution in [0.1, 0.15) is 48.5 Å². The van der Waals surface area contributed by atoms with Crippen molar-refractivity contribution in [2.75, 3.05) is 38.2 Å². The number of halogens is 1. The van der Waals surface area contributed by atoms with Gasteiger partial charge in [-0.2, -0.15) is 0 Å². The number of aromatic nitrogens is 1. The maximum atomic E-state index is 15.6. The van der Waals surface area contributed by atoms with E-state index in [2.05, 4.69) is 4.90 Å². The van der Waals surface area contributed by atoms with E-state index in [0.29, 0.717) is 25.2 Å². The molecule has 10 heteroatoms. The Bertz CT molecular complexity index is 1220. The predicted octanol–water partition coefficient (Wildman–Crippen LogP) is 2.56. The molecule has 3 fully saturated rings. The topological polar surface area (TPSA) is 112 Å². The van der Waals surface area contributed by atoms with Crippen molar-refractivity contribution < 1.29 is 28.9 Å². The molecule has 0 amide bonds. The first-order valence-electron chi connectivity index (χ1n) is 11.7. The van der Waals surface area contributed by atoms with Gasteiger partial charge in [0.1, 0.15) is 11.3 Å². The van der Waals surface area contributed by atoms with Crippen LogP contribution < -0.4 is 15.1 Å². The van der Waals surface area contributed by atoms with Crippen LogP contribution in [0.2, 0.25) is 0 Å². The highest BCUT2D eigenvalue weighted by Gasteiger charge is 2.41. The molecule has 2 saturated heterocycles. The quantitative estimate of drug-likeness (QED) is 0.631. The van der Waals surface area contributed by atoms with Gasteiger partial charge in [-0.3, -0.25) is 14.5 Å². The maximum Gasteiger partial charge on any atom is 0.341 e. The number of aromatic carboxylic acids is 1. The number of methoxy groups -OCH3 is 1. The number of carboxylic acid groups (broad SMARTS) is 2. The zero-order chi connectivity index (χ0) is 24.1. The van der Waals surface area contributed by atoms with E-state index in [-0.39, 0.29) is 46.8 Å². The minimum absolute atomic E-state index is 0.00426. The summed E-state index contributed by atoms with van der Waals surface area (Å²) in [7, 11) is 1.44. The van der Waals surface area contributed by atoms with Gasteiger partial charge in [0.05, 0.1) is 24.4 Å². The summed E-state index contributed by atoms with van der Waals surface area (Å²) in [4.78, 5) is 39.8. The van der Waals surface area contributed by atoms with Gasteiger partial charge in [-0.05, 0) is 44.2 Å². The monoisotopic (exact) mass is 473 g/mol. The van der Waals surface area contributed by atoms with E-state index >= 15 is 4.39 Å². The number of benzene rings is 1. The van der Waals surface area contributed by atoms with E-state index in [0.717, 1.165) is 38.3 Å². The number of fused-ring (bicyclic) bond motifs is 2. The number of carboxylic acids is 2. The molecule has 2 atom stereocenters. The highest BCUT2D eigenvalue weighted by atomic mass is 19.1. The molecule has 9 nitrogen and oxygen atoms in total. The van der Waals surface area contributed by atoms with Crippen molar-refractivity contribution in [3.8, 4) is 5.75 Å². The SMILES string of the molecule is COc1c(N2C[C@H]3CCCN(CCC(=O)O)[C@H]3C2)c(F)cc2c(=O)c(C(=O)O)cn(C3CC3)c12. The van der Waals surface area contributed by atoms with Crippen molar-refractivity contribution in [2.45, 2.75) is 44.2 Å². The van der Waals surface area contributed by atoms with Gasteiger partial charge in [0, 0.05) is 37.9 Å². The molecule has 0 radical (unpaired) electrons. The Morgan fingerprint density at radius 2 is 1.97 bits per heavy atom. The van der Waals surface area contributed by atoms with E-state index in [1.165, 1.54) is 13.3 Å². The van der Waals surface area contributed by atoms with E-state index in [1.54, 1.807) is 4.57 Å². The number of carbonyl (C=O) groups is 2. The molecular weight excluding hydrogens is 445 g/mol. The van der Waals surface area contributed by atoms with Gasteiger partial charge in [0.25, 0.3) is 0 Å². The molecule has 3 heterocycles. The van der Waals surface area contributed by atoms with E-state index in [4.69, 9.17) is 9.84 Å². The minimum Gasteiger partial charge on any atom is -0.492 e. The van der Waals surface area contributed by atoms with Gasteiger partial charge in [0.2, 0.25) is 5.43 Å². The molecule has 0 spiro atoms. The van der Waals surface area contributed by atoms with Crippen molar-refractivity contribution in [1.29, 1.82) is 0 Å². The molecule has 1 aromatic heterocycles. The molecule has 34 heavy (non-hydrogen) atoms. The number of hydrogen-bond donors (Lipinski definition) is 2. The average Bonchev–Trinajstić information content (AvgIpc) is 3.55. The zero-order valence-electron chi connectivity index (χ0n) is 19.0. The lowest BCUT2D eigenvalue weighted by Gasteiger charge is -2.36. The number of nitrogens with zero attached hydrogens (tertiary/aromatic N) is 3. The number of ether oxygens (including phenoxy) is 1. The number of anilines is 1. The first kappa shape index (κ1) is 22.6. The van der Waals surface area contributed by atoms with Crippen molar-refractivity contribution in [3.05, 3.63) is 33.9 Å². The highest BCUT2D eigenvalue weighted by molar-refractivity contribution is 5.97. The fourth-order valence-corrected chi connectivity index (χ4v) is 5.70. The fourth-order valence-electron chi connectivity index (χ4n) is 5.70. The van der Waals surface area contributed by atoms with Crippen LogP contribution in [0, 0.1) is 11.7 Å². The van der Waals surface area contributed by atoms with E-state index in [9.17, 15) is 19.5 Å². The summed E-state index contributed by atoms with van der Waals surface area (Å²) in [5, 5.41) is 18.6. The second kappa shape index (κ2) is 8.57. The summed E-state index contributed by atoms with van der Waals surface area (Å²) >= 11 is 0. The van der Waals surface area contributed by atoms with Crippen molar-refractivity contribution in [1.82, 2.24) is 9.47 Å². The molecular formula is C24H28FN3O6. The van der Waals surface area contributed by atoms with Gasteiger partial charge in [-0.25, -0.2) is 9.18 Å². The lowest BCUT2D eigenvalue weighted by atomic mass is 9.92. The van der Waals surface area contributed by atoms with Crippen LogP contribution in [-0.4, -0.2) is 70.9 Å². The Morgan fingerprint density at radius 1 is 1.21 bits per heavy atom. The molecule has 1 aliphatic carbocycles. The first-order valence-corrected chi connectivity index (χ1v) is 11.7. The summed E-state index contributed by atoms with van der Waals surface area (Å²) in [6, 6.07) is 1.30. The summed E-state index contributed by atoms with van der Waals surface area (Å²) in [5.74, 6) is -2.27. The number of hydrogen-bond acceptors (Lipinski definition) is 6. The van der Waals surface area contributed by atoms with Gasteiger partial charge in [0.15, 0.2) is 11.6 Å². The Labute approximate surface area is 195 Å². The van der Waals surface area contributed by atoms with Crippen molar-refractivity contribution >= 4 is 28.5 Å². The van der Waals surface area contributed by atoms with Crippen LogP contribution in [-0.2, 0) is 4.79 Å². The second-order valence-electron chi connectivity index (χ2n) is 9.51. The third-order valence-electron chi connectivity index (χ3n) is 7.40. The largest absolute Gasteiger partial charge is 0.492 e. The third-order valence-corrected chi connectivity index (χ3v) is 7.40. The standard InChI is InChI=1S/C24H28FN3O6/c1-34-23-20-15(22(31)16(24(32)33)11-28(20)14-4-5-14)9-17(25)21(23)27-10-13-3-2-7-26(18(13)12-27)8-6-19(29)30/h9,11,13-14,18H,2-8,10,12H2,1H3,(H,29,30)(H,32,33)/t13-,18+/m1/s1. The van der Waals surface area contributed by atoms with Crippen LogP contribution in [0.25, 0.3) is 10.9 Å². The Morgan fingerprint density at radius 3 is 2.62 bits per heavy atom. The molecule has 5 rings (SSSR count). The minimum atomic E-state index is -1.34. The van der Waals surface area contributed by atoms with Crippen LogP contribution in [0.15, 0.2) is 17.1 Å². The lowest BCUT2D eigenvalue weighted by molar-refractivity contribution is -0.137. The Kier molecular flexibility index (Phi) is 5.71. The number of piperidine rings is 1. The molecule has 3 aliphatic rings. The van der Waals surface area contributed by atoms with Crippen LogP contribution >= 0.6 is 0 Å². The maximum absolute atomic E-state index is 15.6. The van der Waals surface area contributed by atoms with Gasteiger partial charge in [-0.1, -0.05) is 0 Å². The molecule has 182 valence electrons. The average molecular weight is 474 g/mol. The molecule has 2 aromatic rings. The summed E-state index contributed by atoms with van der Waals surface area (Å²) in [6.45, 7) is 2.41. The van der Waals surface area contributed by atoms with Crippen LogP contribution in [0.5, 0.6) is 5.75 Å². The lowest BCUT2D eigenvalue weighted by Crippen LogP contribution is -2.45. The van der Waals surface area contributed by atoms with Gasteiger partial charge >= 0.3 is 11.9 Å². The number of pyridine rings is 1. The van der Waals surface area contributed by atoms with E-state index in [1.807, 2.05) is 4.90 Å². The van der Waals surface area contributed by atoms with Gasteiger partial charge < -0.3 is 24.4 Å². The van der Waals surface area contributed by atoms with E-state index < -0.39 is 23.2 Å². The molecule has 0 unspecified atom stereocenters. The second-order valence-corrected chi connectivity index (χ2v) is 9.51. The third kappa shape index (κ3) is 3.79. The molecule has 2 aliphatic heterocycles. The van der Waals surface area contributed by atoms with Crippen LogP contribution in [0.4, 0.5) is 10.1 Å². The fraction of sp³-hybridized carbons (Fsp3) is 0.542. The number of rotatable bonds is 7. The normalized spacial score (nSPS) is 22.7. The Balaban J connectivity index is 1.59. The molecule has 1 saturated carbocycles. The van der Waals surface area contributed by atoms with Crippen molar-refractivity contribution in [3.63, 3.8) is 0 Å². The van der Waals surface area contributed by atoms with Gasteiger partial charge in [-0.15, -0.1) is 0 Å². The zero-order valence-corrected chi connectivity index (χ0v) is 19.0. The smallest absolute Gasteiger partial charge is 0.341 e. The highest BCUT2D eigenvalue weighted by Crippen LogP contribution is 2.45. The summed E-state index contributed by atoms with van der Waals surface area (Å²) in [5.41, 5.74) is -0.401. The van der Waals surface area contributed by atoms with Crippen LogP contribution in [0.3, 0.4) is 0 Å². The summed E-state index contributed by atoms with van der Waals surface area (Å²) in [6.07, 6.45) is 5.06. The Hall–Kier alpha value is -3.14. The number of aliphatic carboxylic acids is 1. The molecule has 0 bridgehead atoms. The van der Waals surface area contributed by atoms with Crippen molar-refractivity contribution in [2.24, 2.45) is 5.92 Å². The predicted molar refractivity (Wildman–Crippen MR) is 122 cm³/mol.